The summed E-state index contributed by atoms with van der Waals surface area (Å²) in [6, 6.07) is 60.2. The monoisotopic (exact) mass is 706 g/mol. The fourth-order valence-corrected chi connectivity index (χ4v) is 9.54. The molecule has 262 valence electrons. The van der Waals surface area contributed by atoms with E-state index in [0.29, 0.717) is 0 Å². The molecule has 0 spiro atoms. The van der Waals surface area contributed by atoms with Crippen molar-refractivity contribution in [3.8, 4) is 22.6 Å². The summed E-state index contributed by atoms with van der Waals surface area (Å²) in [6.45, 7) is 9.15. The zero-order chi connectivity index (χ0) is 37.0. The smallest absolute Gasteiger partial charge is 0.256 e. The van der Waals surface area contributed by atoms with E-state index in [1.165, 1.54) is 77.6 Å². The lowest BCUT2D eigenvalue weighted by Gasteiger charge is -2.40. The Balaban J connectivity index is 1.13. The maximum atomic E-state index is 7.01. The van der Waals surface area contributed by atoms with Crippen LogP contribution < -0.4 is 30.9 Å². The second-order valence-corrected chi connectivity index (χ2v) is 15.9. The van der Waals surface area contributed by atoms with Crippen LogP contribution in [0.3, 0.4) is 0 Å². The van der Waals surface area contributed by atoms with Crippen LogP contribution in [0.1, 0.15) is 36.1 Å². The topological polar surface area (TPSA) is 15.7 Å². The standard InChI is InChI=1S/C51H39BN2O/c1-32-21-25-35(26-22-32)53(36-27-23-33(2)24-28-36)46-31-41-49(38-16-9-8-15-37(38)46)39-29-48-43(30-40(39)51(41,3)4)52-42-17-10-11-18-44(42)54(34-13-6-5-7-14-34)45-19-12-20-47(55-48)50(45)52/h5-31H,1-4H3. The molecular weight excluding hydrogens is 667 g/mol. The Morgan fingerprint density at radius 1 is 0.545 bits per heavy atom. The molecule has 8 aromatic rings. The van der Waals surface area contributed by atoms with Gasteiger partial charge in [-0.15, -0.1) is 0 Å². The summed E-state index contributed by atoms with van der Waals surface area (Å²) >= 11 is 0. The molecule has 11 rings (SSSR count). The van der Waals surface area contributed by atoms with Crippen LogP contribution in [0, 0.1) is 13.8 Å². The minimum absolute atomic E-state index is 0.0433. The molecule has 0 aromatic heterocycles. The van der Waals surface area contributed by atoms with Crippen molar-refractivity contribution in [2.75, 3.05) is 9.80 Å². The number of rotatable bonds is 4. The molecule has 2 heterocycles. The quantitative estimate of drug-likeness (QED) is 0.170. The average molecular weight is 707 g/mol. The number of ether oxygens (including phenoxy) is 1. The van der Waals surface area contributed by atoms with Gasteiger partial charge in [0, 0.05) is 39.2 Å². The Labute approximate surface area is 323 Å². The van der Waals surface area contributed by atoms with Crippen LogP contribution in [-0.4, -0.2) is 6.71 Å². The summed E-state index contributed by atoms with van der Waals surface area (Å²) in [5, 5.41) is 2.48. The Kier molecular flexibility index (Phi) is 6.82. The van der Waals surface area contributed by atoms with Crippen LogP contribution in [0.5, 0.6) is 11.5 Å². The summed E-state index contributed by atoms with van der Waals surface area (Å²) in [5.41, 5.74) is 18.2. The van der Waals surface area contributed by atoms with Gasteiger partial charge in [0.1, 0.15) is 11.5 Å². The number of fused-ring (bicyclic) bond motifs is 9. The molecule has 8 aromatic carbocycles. The van der Waals surface area contributed by atoms with Crippen molar-refractivity contribution >= 4 is 68.0 Å². The van der Waals surface area contributed by atoms with E-state index >= 15 is 0 Å². The number of anilines is 6. The molecule has 3 nitrogen and oxygen atoms in total. The van der Waals surface area contributed by atoms with Crippen molar-refractivity contribution in [3.05, 3.63) is 186 Å². The maximum Gasteiger partial charge on any atom is 0.256 e. The summed E-state index contributed by atoms with van der Waals surface area (Å²) in [4.78, 5) is 4.83. The van der Waals surface area contributed by atoms with Crippen LogP contribution >= 0.6 is 0 Å². The number of aryl methyl sites for hydroxylation is 2. The summed E-state index contributed by atoms with van der Waals surface area (Å²) < 4.78 is 7.01. The molecule has 0 saturated carbocycles. The van der Waals surface area contributed by atoms with Crippen molar-refractivity contribution in [1.29, 1.82) is 0 Å². The minimum atomic E-state index is -0.269. The van der Waals surface area contributed by atoms with Gasteiger partial charge < -0.3 is 14.5 Å². The third-order valence-electron chi connectivity index (χ3n) is 12.2. The van der Waals surface area contributed by atoms with E-state index in [1.807, 2.05) is 0 Å². The van der Waals surface area contributed by atoms with E-state index in [-0.39, 0.29) is 12.1 Å². The van der Waals surface area contributed by atoms with E-state index in [2.05, 4.69) is 201 Å². The molecule has 0 radical (unpaired) electrons. The van der Waals surface area contributed by atoms with Crippen LogP contribution in [0.15, 0.2) is 164 Å². The van der Waals surface area contributed by atoms with Crippen LogP contribution in [-0.2, 0) is 5.41 Å². The first-order valence-electron chi connectivity index (χ1n) is 19.3. The van der Waals surface area contributed by atoms with Gasteiger partial charge in [-0.2, -0.15) is 0 Å². The molecule has 2 aliphatic heterocycles. The summed E-state index contributed by atoms with van der Waals surface area (Å²) in [6.07, 6.45) is 0. The van der Waals surface area contributed by atoms with E-state index in [1.54, 1.807) is 0 Å². The lowest BCUT2D eigenvalue weighted by atomic mass is 9.34. The van der Waals surface area contributed by atoms with Crippen LogP contribution in [0.4, 0.5) is 34.1 Å². The highest BCUT2D eigenvalue weighted by molar-refractivity contribution is 6.99. The van der Waals surface area contributed by atoms with Crippen molar-refractivity contribution in [2.45, 2.75) is 33.1 Å². The molecule has 0 atom stereocenters. The van der Waals surface area contributed by atoms with E-state index < -0.39 is 0 Å². The third kappa shape index (κ3) is 4.64. The highest BCUT2D eigenvalue weighted by atomic mass is 16.5. The molecule has 1 aliphatic carbocycles. The zero-order valence-electron chi connectivity index (χ0n) is 31.5. The fourth-order valence-electron chi connectivity index (χ4n) is 9.54. The largest absolute Gasteiger partial charge is 0.458 e. The Bertz CT molecular complexity index is 2800. The number of benzene rings is 8. The van der Waals surface area contributed by atoms with E-state index in [4.69, 9.17) is 4.74 Å². The van der Waals surface area contributed by atoms with Gasteiger partial charge >= 0.3 is 0 Å². The molecular formula is C51H39BN2O. The lowest BCUT2D eigenvalue weighted by molar-refractivity contribution is 0.487. The predicted molar refractivity (Wildman–Crippen MR) is 232 cm³/mol. The van der Waals surface area contributed by atoms with Gasteiger partial charge in [0.25, 0.3) is 6.71 Å². The molecule has 3 aliphatic rings. The van der Waals surface area contributed by atoms with Crippen molar-refractivity contribution in [3.63, 3.8) is 0 Å². The Morgan fingerprint density at radius 2 is 1.18 bits per heavy atom. The third-order valence-corrected chi connectivity index (χ3v) is 12.2. The van der Waals surface area contributed by atoms with E-state index in [0.717, 1.165) is 28.6 Å². The number of nitrogens with zero attached hydrogens (tertiary/aromatic N) is 2. The minimum Gasteiger partial charge on any atom is -0.458 e. The van der Waals surface area contributed by atoms with Gasteiger partial charge in [-0.25, -0.2) is 0 Å². The van der Waals surface area contributed by atoms with E-state index in [9.17, 15) is 0 Å². The number of hydrogen-bond acceptors (Lipinski definition) is 3. The first-order valence-corrected chi connectivity index (χ1v) is 19.3. The molecule has 0 N–H and O–H groups in total. The molecule has 0 unspecified atom stereocenters. The second kappa shape index (κ2) is 11.7. The van der Waals surface area contributed by atoms with Gasteiger partial charge in [-0.1, -0.05) is 122 Å². The van der Waals surface area contributed by atoms with Crippen LogP contribution in [0.2, 0.25) is 0 Å². The summed E-state index contributed by atoms with van der Waals surface area (Å²) in [5.74, 6) is 1.86. The SMILES string of the molecule is Cc1ccc(N(c2ccc(C)cc2)c2cc3c(c4ccccc24)-c2cc4c(cc2C3(C)C)B2c3ccccc3N(c3ccccc3)c3cccc(c32)O4)cc1. The van der Waals surface area contributed by atoms with Gasteiger partial charge in [0.05, 0.1) is 5.69 Å². The molecule has 0 fully saturated rings. The Morgan fingerprint density at radius 3 is 1.91 bits per heavy atom. The molecule has 55 heavy (non-hydrogen) atoms. The molecule has 4 heteroatoms. The number of hydrogen-bond donors (Lipinski definition) is 0. The van der Waals surface area contributed by atoms with Gasteiger partial charge in [-0.05, 0) is 125 Å². The fraction of sp³-hybridized carbons (Fsp3) is 0.0980. The Hall–Kier alpha value is -6.52. The first kappa shape index (κ1) is 32.0. The average Bonchev–Trinajstić information content (AvgIpc) is 3.43. The van der Waals surface area contributed by atoms with Crippen molar-refractivity contribution in [1.82, 2.24) is 0 Å². The van der Waals surface area contributed by atoms with Gasteiger partial charge in [-0.3, -0.25) is 0 Å². The number of para-hydroxylation sites is 2. The van der Waals surface area contributed by atoms with Crippen molar-refractivity contribution in [2.24, 2.45) is 0 Å². The first-order chi connectivity index (χ1) is 26.9. The lowest BCUT2D eigenvalue weighted by Crippen LogP contribution is -2.59. The highest BCUT2D eigenvalue weighted by Gasteiger charge is 2.45. The van der Waals surface area contributed by atoms with Gasteiger partial charge in [0.15, 0.2) is 0 Å². The highest BCUT2D eigenvalue weighted by Crippen LogP contribution is 2.55. The predicted octanol–water partition coefficient (Wildman–Crippen LogP) is 11.6. The molecule has 0 saturated heterocycles. The maximum absolute atomic E-state index is 7.01. The van der Waals surface area contributed by atoms with Crippen molar-refractivity contribution < 1.29 is 4.74 Å². The summed E-state index contributed by atoms with van der Waals surface area (Å²) in [7, 11) is 0. The normalized spacial score (nSPS) is 14.0. The van der Waals surface area contributed by atoms with Crippen LogP contribution in [0.25, 0.3) is 21.9 Å². The molecule has 0 amide bonds. The van der Waals surface area contributed by atoms with Gasteiger partial charge in [0.2, 0.25) is 0 Å². The second-order valence-electron chi connectivity index (χ2n) is 15.9. The molecule has 0 bridgehead atoms. The zero-order valence-corrected chi connectivity index (χ0v) is 31.5.